The molecule has 0 spiro atoms. The third kappa shape index (κ3) is 3.41. The van der Waals surface area contributed by atoms with E-state index in [1.165, 1.54) is 5.56 Å². The highest BCUT2D eigenvalue weighted by molar-refractivity contribution is 6.31. The molecule has 0 radical (unpaired) electrons. The maximum absolute atomic E-state index is 6.40. The van der Waals surface area contributed by atoms with Crippen LogP contribution in [0.2, 0.25) is 5.02 Å². The van der Waals surface area contributed by atoms with Crippen molar-refractivity contribution in [3.8, 4) is 17.0 Å². The van der Waals surface area contributed by atoms with Gasteiger partial charge in [-0.25, -0.2) is 4.98 Å². The summed E-state index contributed by atoms with van der Waals surface area (Å²) in [6.07, 6.45) is 0.904. The van der Waals surface area contributed by atoms with E-state index >= 15 is 0 Å². The molecule has 160 valence electrons. The van der Waals surface area contributed by atoms with E-state index in [0.29, 0.717) is 17.3 Å². The third-order valence-electron chi connectivity index (χ3n) is 6.19. The molecule has 1 atom stereocenters. The van der Waals surface area contributed by atoms with Crippen LogP contribution >= 0.6 is 11.6 Å². The Hall–Kier alpha value is -3.37. The van der Waals surface area contributed by atoms with Gasteiger partial charge in [-0.2, -0.15) is 0 Å². The van der Waals surface area contributed by atoms with Crippen LogP contribution in [-0.2, 0) is 5.54 Å². The Kier molecular flexibility index (Phi) is 5.32. The monoisotopic (exact) mass is 441 g/mol. The first-order valence-corrected chi connectivity index (χ1v) is 11.1. The first kappa shape index (κ1) is 20.5. The lowest BCUT2D eigenvalue weighted by Gasteiger charge is -2.29. The molecule has 1 N–H and O–H groups in total. The summed E-state index contributed by atoms with van der Waals surface area (Å²) < 4.78 is 5.97. The molecule has 5 rings (SSSR count). The van der Waals surface area contributed by atoms with Gasteiger partial charge in [-0.1, -0.05) is 79.2 Å². The molecule has 5 heteroatoms. The van der Waals surface area contributed by atoms with Crippen molar-refractivity contribution in [3.05, 3.63) is 95.0 Å². The van der Waals surface area contributed by atoms with Crippen molar-refractivity contribution in [2.45, 2.75) is 18.9 Å². The normalized spacial score (nSPS) is 17.8. The van der Waals surface area contributed by atoms with Crippen molar-refractivity contribution in [3.63, 3.8) is 0 Å². The average molecular weight is 442 g/mol. The minimum atomic E-state index is -0.261. The second-order valence-corrected chi connectivity index (χ2v) is 8.42. The summed E-state index contributed by atoms with van der Waals surface area (Å²) in [5.41, 5.74) is 4.48. The molecule has 32 heavy (non-hydrogen) atoms. The van der Waals surface area contributed by atoms with E-state index in [2.05, 4.69) is 36.5 Å². The van der Waals surface area contributed by atoms with Crippen LogP contribution in [0.5, 0.6) is 5.75 Å². The Morgan fingerprint density at radius 1 is 1.00 bits per heavy atom. The van der Waals surface area contributed by atoms with Crippen LogP contribution in [0.3, 0.4) is 0 Å². The summed E-state index contributed by atoms with van der Waals surface area (Å²) in [5, 5.41) is 5.32. The van der Waals surface area contributed by atoms with Crippen molar-refractivity contribution in [1.82, 2.24) is 10.3 Å². The molecule has 4 nitrogen and oxygen atoms in total. The van der Waals surface area contributed by atoms with Gasteiger partial charge in [-0.3, -0.25) is 4.99 Å². The van der Waals surface area contributed by atoms with Gasteiger partial charge in [0, 0.05) is 16.0 Å². The highest BCUT2D eigenvalue weighted by atomic mass is 35.5. The minimum absolute atomic E-state index is 0.261. The van der Waals surface area contributed by atoms with Crippen LogP contribution in [-0.4, -0.2) is 24.5 Å². The van der Waals surface area contributed by atoms with E-state index in [1.807, 2.05) is 54.6 Å². The molecular formula is C27H24ClN3O. The number of aliphatic imine (C=N–C) groups is 1. The molecule has 1 aliphatic rings. The maximum atomic E-state index is 6.40. The number of aromatic nitrogens is 1. The summed E-state index contributed by atoms with van der Waals surface area (Å²) in [5.74, 6) is 1.50. The second-order valence-electron chi connectivity index (χ2n) is 7.99. The predicted molar refractivity (Wildman–Crippen MR) is 132 cm³/mol. The summed E-state index contributed by atoms with van der Waals surface area (Å²) in [6, 6.07) is 26.3. The van der Waals surface area contributed by atoms with Gasteiger partial charge in [-0.05, 0) is 30.2 Å². The molecule has 0 aliphatic carbocycles. The van der Waals surface area contributed by atoms with Gasteiger partial charge in [0.25, 0.3) is 0 Å². The van der Waals surface area contributed by atoms with E-state index in [1.54, 1.807) is 7.11 Å². The zero-order valence-electron chi connectivity index (χ0n) is 18.1. The molecule has 0 fully saturated rings. The third-order valence-corrected chi connectivity index (χ3v) is 6.42. The number of nitrogens with zero attached hydrogens (tertiary/aromatic N) is 2. The fraction of sp³-hybridized carbons (Fsp3) is 0.185. The molecule has 3 aromatic carbocycles. The molecule has 0 saturated heterocycles. The highest BCUT2D eigenvalue weighted by Gasteiger charge is 2.37. The van der Waals surface area contributed by atoms with E-state index in [-0.39, 0.29) is 5.54 Å². The van der Waals surface area contributed by atoms with Crippen molar-refractivity contribution >= 4 is 28.3 Å². The van der Waals surface area contributed by atoms with Crippen LogP contribution in [0.4, 0.5) is 0 Å². The van der Waals surface area contributed by atoms with Crippen LogP contribution < -0.4 is 10.1 Å². The predicted octanol–water partition coefficient (Wildman–Crippen LogP) is 6.22. The molecule has 1 aromatic heterocycles. The van der Waals surface area contributed by atoms with E-state index in [9.17, 15) is 0 Å². The number of hydrogen-bond donors (Lipinski definition) is 1. The van der Waals surface area contributed by atoms with Crippen molar-refractivity contribution < 1.29 is 4.74 Å². The molecule has 1 aliphatic heterocycles. The number of hydrogen-bond acceptors (Lipinski definition) is 4. The molecule has 0 amide bonds. The van der Waals surface area contributed by atoms with Gasteiger partial charge in [-0.15, -0.1) is 0 Å². The fourth-order valence-corrected chi connectivity index (χ4v) is 4.60. The van der Waals surface area contributed by atoms with Crippen molar-refractivity contribution in [1.29, 1.82) is 0 Å². The highest BCUT2D eigenvalue weighted by Crippen LogP contribution is 2.39. The Bertz CT molecular complexity index is 1310. The van der Waals surface area contributed by atoms with Crippen LogP contribution in [0.1, 0.15) is 24.5 Å². The first-order valence-electron chi connectivity index (χ1n) is 10.8. The first-order chi connectivity index (χ1) is 15.6. The lowest BCUT2D eigenvalue weighted by atomic mass is 9.88. The number of fused-ring (bicyclic) bond motifs is 1. The van der Waals surface area contributed by atoms with E-state index in [4.69, 9.17) is 26.3 Å². The van der Waals surface area contributed by atoms with Crippen LogP contribution in [0.15, 0.2) is 83.9 Å². The maximum Gasteiger partial charge on any atom is 0.156 e. The van der Waals surface area contributed by atoms with Gasteiger partial charge >= 0.3 is 0 Å². The Morgan fingerprint density at radius 3 is 2.41 bits per heavy atom. The number of pyridine rings is 1. The Balaban J connectivity index is 1.72. The topological polar surface area (TPSA) is 46.5 Å². The number of ether oxygens (including phenoxy) is 1. The number of halogens is 1. The van der Waals surface area contributed by atoms with Crippen LogP contribution in [0, 0.1) is 0 Å². The number of nitrogens with one attached hydrogen (secondary N) is 1. The lowest BCUT2D eigenvalue weighted by Crippen LogP contribution is -2.42. The van der Waals surface area contributed by atoms with Crippen LogP contribution in [0.25, 0.3) is 22.2 Å². The number of benzene rings is 3. The Labute approximate surface area is 192 Å². The largest absolute Gasteiger partial charge is 0.494 e. The fourth-order valence-electron chi connectivity index (χ4n) is 4.43. The van der Waals surface area contributed by atoms with Gasteiger partial charge in [0.1, 0.15) is 11.5 Å². The van der Waals surface area contributed by atoms with Gasteiger partial charge in [0.05, 0.1) is 30.3 Å². The Morgan fingerprint density at radius 2 is 1.72 bits per heavy atom. The number of amidine groups is 1. The summed E-state index contributed by atoms with van der Waals surface area (Å²) >= 11 is 6.40. The zero-order valence-corrected chi connectivity index (χ0v) is 18.9. The smallest absolute Gasteiger partial charge is 0.156 e. The van der Waals surface area contributed by atoms with E-state index < -0.39 is 0 Å². The summed E-state index contributed by atoms with van der Waals surface area (Å²) in [6.45, 7) is 2.84. The average Bonchev–Trinajstić information content (AvgIpc) is 3.29. The number of methoxy groups -OCH3 is 1. The molecule has 4 aromatic rings. The van der Waals surface area contributed by atoms with Crippen molar-refractivity contribution in [2.75, 3.05) is 13.7 Å². The van der Waals surface area contributed by atoms with Gasteiger partial charge in [0.2, 0.25) is 0 Å². The van der Waals surface area contributed by atoms with Gasteiger partial charge < -0.3 is 10.1 Å². The van der Waals surface area contributed by atoms with Gasteiger partial charge in [0.15, 0.2) is 5.75 Å². The molecule has 0 saturated carbocycles. The zero-order chi connectivity index (χ0) is 22.1. The van der Waals surface area contributed by atoms with Crippen molar-refractivity contribution in [2.24, 2.45) is 4.99 Å². The minimum Gasteiger partial charge on any atom is -0.494 e. The summed E-state index contributed by atoms with van der Waals surface area (Å²) in [7, 11) is 1.68. The second kappa shape index (κ2) is 8.29. The SMILES string of the molecule is CCC1(c2ccccc2)CN=C(c2c(OC)c(-c3ccccc3)nc3ccc(Cl)cc23)N1. The number of rotatable bonds is 5. The molecule has 0 bridgehead atoms. The van der Waals surface area contributed by atoms with E-state index in [0.717, 1.165) is 40.0 Å². The standard InChI is InChI=1S/C27H24ClN3O/c1-3-27(19-12-8-5-9-13-19)17-29-26(31-27)23-21-16-20(28)14-15-22(21)30-24(25(23)32-2)18-10-6-4-7-11-18/h4-16H,3,17H2,1-2H3,(H,29,31). The quantitative estimate of drug-likeness (QED) is 0.400. The summed E-state index contributed by atoms with van der Waals surface area (Å²) in [4.78, 5) is 9.92. The lowest BCUT2D eigenvalue weighted by molar-refractivity contribution is 0.409. The molecule has 1 unspecified atom stereocenters. The molecule has 2 heterocycles. The molecular weight excluding hydrogens is 418 g/mol.